The van der Waals surface area contributed by atoms with E-state index in [0.29, 0.717) is 17.9 Å². The summed E-state index contributed by atoms with van der Waals surface area (Å²) in [7, 11) is 0. The van der Waals surface area contributed by atoms with Gasteiger partial charge in [-0.05, 0) is 19.1 Å². The molecule has 0 saturated carbocycles. The van der Waals surface area contributed by atoms with Crippen molar-refractivity contribution in [2.24, 2.45) is 0 Å². The Morgan fingerprint density at radius 3 is 2.70 bits per heavy atom. The van der Waals surface area contributed by atoms with E-state index in [-0.39, 0.29) is 0 Å². The van der Waals surface area contributed by atoms with Gasteiger partial charge in [0.05, 0.1) is 6.61 Å². The Kier molecular flexibility index (Phi) is 6.05. The monoisotopic (exact) mass is 289 g/mol. The number of hydrogen-bond donors (Lipinski definition) is 1. The first-order chi connectivity index (χ1) is 9.42. The number of nitrogens with one attached hydrogen (secondary N) is 1. The van der Waals surface area contributed by atoms with Crippen molar-refractivity contribution in [3.63, 3.8) is 0 Å². The summed E-state index contributed by atoms with van der Waals surface area (Å²) in [6, 6.07) is 6.96. The normalized spacial score (nSPS) is 11.6. The van der Waals surface area contributed by atoms with Crippen LogP contribution in [0.25, 0.3) is 6.08 Å². The van der Waals surface area contributed by atoms with Gasteiger partial charge in [0.2, 0.25) is 0 Å². The van der Waals surface area contributed by atoms with E-state index in [9.17, 15) is 18.0 Å². The zero-order chi connectivity index (χ0) is 15.0. The average molecular weight is 289 g/mol. The SMILES string of the molecule is CCOc1ccccc1/C=C/C(=O)NOCC(F)(F)F. The van der Waals surface area contributed by atoms with Gasteiger partial charge >= 0.3 is 6.18 Å². The first-order valence-electron chi connectivity index (χ1n) is 5.81. The molecule has 0 heterocycles. The summed E-state index contributed by atoms with van der Waals surface area (Å²) in [6.07, 6.45) is -2.00. The van der Waals surface area contributed by atoms with E-state index in [1.807, 2.05) is 6.92 Å². The van der Waals surface area contributed by atoms with Crippen LogP contribution in [0.2, 0.25) is 0 Å². The fraction of sp³-hybridized carbons (Fsp3) is 0.308. The number of carbonyl (C=O) groups is 1. The van der Waals surface area contributed by atoms with Gasteiger partial charge in [-0.3, -0.25) is 9.63 Å². The molecule has 1 aromatic rings. The minimum atomic E-state index is -4.49. The Morgan fingerprint density at radius 1 is 1.35 bits per heavy atom. The molecule has 0 aromatic heterocycles. The lowest BCUT2D eigenvalue weighted by atomic mass is 10.2. The lowest BCUT2D eigenvalue weighted by Gasteiger charge is -2.07. The van der Waals surface area contributed by atoms with Gasteiger partial charge in [-0.15, -0.1) is 0 Å². The van der Waals surface area contributed by atoms with Crippen molar-refractivity contribution in [1.82, 2.24) is 5.48 Å². The minimum Gasteiger partial charge on any atom is -0.493 e. The Morgan fingerprint density at radius 2 is 2.05 bits per heavy atom. The molecule has 0 unspecified atom stereocenters. The number of benzene rings is 1. The van der Waals surface area contributed by atoms with Crippen molar-refractivity contribution in [1.29, 1.82) is 0 Å². The van der Waals surface area contributed by atoms with E-state index in [1.54, 1.807) is 29.7 Å². The molecule has 0 saturated heterocycles. The highest BCUT2D eigenvalue weighted by atomic mass is 19.4. The van der Waals surface area contributed by atoms with Gasteiger partial charge in [0.25, 0.3) is 5.91 Å². The lowest BCUT2D eigenvalue weighted by molar-refractivity contribution is -0.190. The predicted octanol–water partition coefficient (Wildman–Crippen LogP) is 2.71. The van der Waals surface area contributed by atoms with Gasteiger partial charge < -0.3 is 4.74 Å². The van der Waals surface area contributed by atoms with Crippen LogP contribution in [0.5, 0.6) is 5.75 Å². The van der Waals surface area contributed by atoms with Crippen LogP contribution in [-0.4, -0.2) is 25.3 Å². The number of amides is 1. The molecule has 1 rings (SSSR count). The predicted molar refractivity (Wildman–Crippen MR) is 66.8 cm³/mol. The summed E-state index contributed by atoms with van der Waals surface area (Å²) in [6.45, 7) is 0.742. The standard InChI is InChI=1S/C13H14F3NO3/c1-2-19-11-6-4-3-5-10(11)7-8-12(18)17-20-9-13(14,15)16/h3-8H,2,9H2,1H3,(H,17,18)/b8-7+. The Bertz CT molecular complexity index is 472. The van der Waals surface area contributed by atoms with E-state index >= 15 is 0 Å². The van der Waals surface area contributed by atoms with Crippen molar-refractivity contribution < 1.29 is 27.5 Å². The van der Waals surface area contributed by atoms with Crippen LogP contribution in [0.3, 0.4) is 0 Å². The van der Waals surface area contributed by atoms with Crippen LogP contribution in [0.1, 0.15) is 12.5 Å². The number of hydrogen-bond acceptors (Lipinski definition) is 3. The van der Waals surface area contributed by atoms with Gasteiger partial charge in [-0.2, -0.15) is 13.2 Å². The molecule has 1 amide bonds. The van der Waals surface area contributed by atoms with Crippen LogP contribution in [0, 0.1) is 0 Å². The maximum atomic E-state index is 11.8. The first kappa shape index (κ1) is 16.0. The summed E-state index contributed by atoms with van der Waals surface area (Å²) in [5.74, 6) is -0.212. The maximum Gasteiger partial charge on any atom is 0.414 e. The Hall–Kier alpha value is -2.02. The highest BCUT2D eigenvalue weighted by Gasteiger charge is 2.28. The number of hydroxylamine groups is 1. The number of rotatable bonds is 6. The molecule has 0 aliphatic carbocycles. The van der Waals surface area contributed by atoms with Gasteiger partial charge in [-0.1, -0.05) is 18.2 Å². The molecule has 0 aliphatic heterocycles. The second-order valence-electron chi connectivity index (χ2n) is 3.67. The third-order valence-electron chi connectivity index (χ3n) is 2.04. The number of alkyl halides is 3. The van der Waals surface area contributed by atoms with Crippen LogP contribution in [0.15, 0.2) is 30.3 Å². The van der Waals surface area contributed by atoms with E-state index < -0.39 is 18.7 Å². The van der Waals surface area contributed by atoms with Crippen LogP contribution >= 0.6 is 0 Å². The lowest BCUT2D eigenvalue weighted by Crippen LogP contribution is -2.28. The highest BCUT2D eigenvalue weighted by molar-refractivity contribution is 5.91. The van der Waals surface area contributed by atoms with Crippen molar-refractivity contribution in [3.8, 4) is 5.75 Å². The molecule has 4 nitrogen and oxygen atoms in total. The molecule has 1 N–H and O–H groups in total. The summed E-state index contributed by atoms with van der Waals surface area (Å²) in [5.41, 5.74) is 2.31. The van der Waals surface area contributed by atoms with Gasteiger partial charge in [0, 0.05) is 11.6 Å². The first-order valence-corrected chi connectivity index (χ1v) is 5.81. The van der Waals surface area contributed by atoms with Gasteiger partial charge in [-0.25, -0.2) is 5.48 Å². The molecule has 20 heavy (non-hydrogen) atoms. The second-order valence-corrected chi connectivity index (χ2v) is 3.67. The molecule has 0 aliphatic rings. The zero-order valence-electron chi connectivity index (χ0n) is 10.7. The summed E-state index contributed by atoms with van der Waals surface area (Å²) >= 11 is 0. The quantitative estimate of drug-likeness (QED) is 0.647. The van der Waals surface area contributed by atoms with E-state index in [2.05, 4.69) is 4.84 Å². The van der Waals surface area contributed by atoms with Crippen LogP contribution < -0.4 is 10.2 Å². The fourth-order valence-corrected chi connectivity index (χ4v) is 1.29. The van der Waals surface area contributed by atoms with Crippen molar-refractivity contribution >= 4 is 12.0 Å². The van der Waals surface area contributed by atoms with Gasteiger partial charge in [0.15, 0.2) is 6.61 Å². The molecular formula is C13H14F3NO3. The molecule has 7 heteroatoms. The van der Waals surface area contributed by atoms with Crippen molar-refractivity contribution in [3.05, 3.63) is 35.9 Å². The maximum absolute atomic E-state index is 11.8. The second kappa shape index (κ2) is 7.54. The van der Waals surface area contributed by atoms with Crippen molar-refractivity contribution in [2.45, 2.75) is 13.1 Å². The molecule has 0 radical (unpaired) electrons. The molecular weight excluding hydrogens is 275 g/mol. The molecule has 0 bridgehead atoms. The van der Waals surface area contributed by atoms with Gasteiger partial charge in [0.1, 0.15) is 5.75 Å². The molecule has 0 spiro atoms. The fourth-order valence-electron chi connectivity index (χ4n) is 1.29. The summed E-state index contributed by atoms with van der Waals surface area (Å²) in [4.78, 5) is 15.3. The topological polar surface area (TPSA) is 47.6 Å². The molecule has 0 atom stereocenters. The van der Waals surface area contributed by atoms with E-state index in [1.165, 1.54) is 6.08 Å². The molecule has 1 aromatic carbocycles. The smallest absolute Gasteiger partial charge is 0.414 e. The Labute approximate surface area is 114 Å². The summed E-state index contributed by atoms with van der Waals surface area (Å²) < 4.78 is 40.7. The molecule has 110 valence electrons. The van der Waals surface area contributed by atoms with Crippen molar-refractivity contribution in [2.75, 3.05) is 13.2 Å². The highest BCUT2D eigenvalue weighted by Crippen LogP contribution is 2.19. The van der Waals surface area contributed by atoms with E-state index in [4.69, 9.17) is 4.74 Å². The van der Waals surface area contributed by atoms with Crippen LogP contribution in [0.4, 0.5) is 13.2 Å². The van der Waals surface area contributed by atoms with Crippen LogP contribution in [-0.2, 0) is 9.63 Å². The number of halogens is 3. The Balaban J connectivity index is 2.53. The van der Waals surface area contributed by atoms with E-state index in [0.717, 1.165) is 6.08 Å². The third-order valence-corrected chi connectivity index (χ3v) is 2.04. The zero-order valence-corrected chi connectivity index (χ0v) is 10.7. The largest absolute Gasteiger partial charge is 0.493 e. The minimum absolute atomic E-state index is 0.464. The summed E-state index contributed by atoms with van der Waals surface area (Å²) in [5, 5.41) is 0. The number of ether oxygens (including phenoxy) is 1. The molecule has 0 fully saturated rings. The average Bonchev–Trinajstić information content (AvgIpc) is 2.36. The number of carbonyl (C=O) groups excluding carboxylic acids is 1. The number of para-hydroxylation sites is 1. The third kappa shape index (κ3) is 6.24.